The lowest BCUT2D eigenvalue weighted by Crippen LogP contribution is -2.12. The molecule has 0 bridgehead atoms. The van der Waals surface area contributed by atoms with E-state index in [0.29, 0.717) is 12.5 Å². The van der Waals surface area contributed by atoms with Crippen molar-refractivity contribution < 1.29 is 4.52 Å². The summed E-state index contributed by atoms with van der Waals surface area (Å²) in [6.07, 6.45) is 4.20. The summed E-state index contributed by atoms with van der Waals surface area (Å²) in [6, 6.07) is 1.83. The first-order chi connectivity index (χ1) is 9.72. The Morgan fingerprint density at radius 2 is 1.95 bits per heavy atom. The normalized spacial score (nSPS) is 10.8. The summed E-state index contributed by atoms with van der Waals surface area (Å²) in [6.45, 7) is 7.89. The lowest BCUT2D eigenvalue weighted by Gasteiger charge is -2.17. The van der Waals surface area contributed by atoms with E-state index in [4.69, 9.17) is 4.52 Å². The molecule has 0 fully saturated rings. The summed E-state index contributed by atoms with van der Waals surface area (Å²) in [7, 11) is 0. The van der Waals surface area contributed by atoms with E-state index < -0.39 is 0 Å². The predicted molar refractivity (Wildman–Crippen MR) is 78.7 cm³/mol. The lowest BCUT2D eigenvalue weighted by molar-refractivity contribution is 0.412. The zero-order chi connectivity index (χ0) is 14.4. The highest BCUT2D eigenvalue weighted by Crippen LogP contribution is 2.28. The van der Waals surface area contributed by atoms with Crippen molar-refractivity contribution >= 4 is 11.6 Å². The van der Waals surface area contributed by atoms with E-state index in [1.165, 1.54) is 0 Å². The van der Waals surface area contributed by atoms with E-state index in [1.807, 2.05) is 6.07 Å². The lowest BCUT2D eigenvalue weighted by atomic mass is 10.0. The molecule has 2 N–H and O–H groups in total. The Balaban J connectivity index is 2.17. The highest BCUT2D eigenvalue weighted by Gasteiger charge is 2.14. The van der Waals surface area contributed by atoms with E-state index in [0.717, 1.165) is 35.9 Å². The summed E-state index contributed by atoms with van der Waals surface area (Å²) in [5.74, 6) is 2.08. The van der Waals surface area contributed by atoms with Crippen LogP contribution in [0.3, 0.4) is 0 Å². The van der Waals surface area contributed by atoms with Crippen molar-refractivity contribution in [3.63, 3.8) is 0 Å². The van der Waals surface area contributed by atoms with Crippen LogP contribution in [0.4, 0.5) is 11.6 Å². The second-order valence-corrected chi connectivity index (χ2v) is 4.91. The molecule has 0 atom stereocenters. The van der Waals surface area contributed by atoms with Crippen LogP contribution in [0.25, 0.3) is 0 Å². The first kappa shape index (κ1) is 14.3. The molecule has 0 aromatic carbocycles. The molecule has 0 radical (unpaired) electrons. The molecular weight excluding hydrogens is 254 g/mol. The number of nitrogens with zero attached hydrogens (tertiary/aromatic N) is 3. The summed E-state index contributed by atoms with van der Waals surface area (Å²) in [5, 5.41) is 10.5. The number of hydrogen-bond donors (Lipinski definition) is 2. The van der Waals surface area contributed by atoms with Gasteiger partial charge in [0.2, 0.25) is 0 Å². The van der Waals surface area contributed by atoms with Gasteiger partial charge in [-0.2, -0.15) is 0 Å². The molecule has 6 heteroatoms. The van der Waals surface area contributed by atoms with E-state index in [2.05, 4.69) is 46.5 Å². The van der Waals surface area contributed by atoms with Crippen molar-refractivity contribution in [1.82, 2.24) is 15.1 Å². The fourth-order valence-corrected chi connectivity index (χ4v) is 1.97. The maximum Gasteiger partial charge on any atom is 0.135 e. The van der Waals surface area contributed by atoms with Crippen LogP contribution in [0.1, 0.15) is 44.4 Å². The van der Waals surface area contributed by atoms with Gasteiger partial charge in [0.25, 0.3) is 0 Å². The molecule has 0 spiro atoms. The summed E-state index contributed by atoms with van der Waals surface area (Å²) in [5.41, 5.74) is 1.95. The number of hydrogen-bond acceptors (Lipinski definition) is 6. The van der Waals surface area contributed by atoms with Crippen LogP contribution in [-0.4, -0.2) is 21.7 Å². The Kier molecular flexibility index (Phi) is 4.92. The Morgan fingerprint density at radius 3 is 2.55 bits per heavy atom. The Hall–Kier alpha value is -2.11. The van der Waals surface area contributed by atoms with Crippen LogP contribution >= 0.6 is 0 Å². The maximum absolute atomic E-state index is 4.82. The minimum atomic E-state index is 0.329. The number of rotatable bonds is 7. The highest BCUT2D eigenvalue weighted by molar-refractivity contribution is 5.59. The molecule has 0 aliphatic carbocycles. The first-order valence-electron chi connectivity index (χ1n) is 6.94. The molecule has 2 aromatic rings. The van der Waals surface area contributed by atoms with E-state index in [-0.39, 0.29) is 0 Å². The second kappa shape index (κ2) is 6.88. The maximum atomic E-state index is 4.82. The molecule has 2 rings (SSSR count). The molecule has 108 valence electrons. The third-order valence-corrected chi connectivity index (χ3v) is 2.93. The van der Waals surface area contributed by atoms with Crippen LogP contribution in [-0.2, 0) is 6.54 Å². The monoisotopic (exact) mass is 275 g/mol. The van der Waals surface area contributed by atoms with Crippen molar-refractivity contribution in [2.75, 3.05) is 17.2 Å². The van der Waals surface area contributed by atoms with Crippen molar-refractivity contribution in [3.05, 3.63) is 29.9 Å². The molecule has 0 amide bonds. The molecule has 0 saturated heterocycles. The summed E-state index contributed by atoms with van der Waals surface area (Å²) in [4.78, 5) is 8.69. The topological polar surface area (TPSA) is 75.9 Å². The van der Waals surface area contributed by atoms with E-state index in [1.54, 1.807) is 12.6 Å². The van der Waals surface area contributed by atoms with Gasteiger partial charge in [-0.25, -0.2) is 9.97 Å². The molecule has 2 aromatic heterocycles. The van der Waals surface area contributed by atoms with Crippen molar-refractivity contribution in [1.29, 1.82) is 0 Å². The van der Waals surface area contributed by atoms with Gasteiger partial charge in [0.1, 0.15) is 29.9 Å². The fraction of sp³-hybridized carbons (Fsp3) is 0.500. The average molecular weight is 275 g/mol. The molecule has 0 aliphatic heterocycles. The second-order valence-electron chi connectivity index (χ2n) is 4.91. The van der Waals surface area contributed by atoms with Crippen LogP contribution in [0.5, 0.6) is 0 Å². The van der Waals surface area contributed by atoms with Crippen LogP contribution in [0.2, 0.25) is 0 Å². The van der Waals surface area contributed by atoms with Gasteiger partial charge >= 0.3 is 0 Å². The van der Waals surface area contributed by atoms with Crippen molar-refractivity contribution in [3.8, 4) is 0 Å². The van der Waals surface area contributed by atoms with Crippen LogP contribution < -0.4 is 10.6 Å². The zero-order valence-electron chi connectivity index (χ0n) is 12.2. The molecule has 2 heterocycles. The fourth-order valence-electron chi connectivity index (χ4n) is 1.97. The molecular formula is C14H21N5O. The zero-order valence-corrected chi connectivity index (χ0v) is 12.2. The predicted octanol–water partition coefficient (Wildman–Crippen LogP) is 3.02. The number of aromatic nitrogens is 3. The Labute approximate surface area is 119 Å². The third-order valence-electron chi connectivity index (χ3n) is 2.93. The van der Waals surface area contributed by atoms with Gasteiger partial charge < -0.3 is 15.2 Å². The van der Waals surface area contributed by atoms with Gasteiger partial charge in [-0.1, -0.05) is 25.9 Å². The minimum Gasteiger partial charge on any atom is -0.370 e. The molecule has 6 nitrogen and oxygen atoms in total. The van der Waals surface area contributed by atoms with Crippen molar-refractivity contribution in [2.45, 2.75) is 39.7 Å². The van der Waals surface area contributed by atoms with Crippen LogP contribution in [0.15, 0.2) is 23.2 Å². The largest absolute Gasteiger partial charge is 0.370 e. The number of nitrogens with one attached hydrogen (secondary N) is 2. The van der Waals surface area contributed by atoms with E-state index in [9.17, 15) is 0 Å². The summed E-state index contributed by atoms with van der Waals surface area (Å²) < 4.78 is 4.82. The number of anilines is 2. The van der Waals surface area contributed by atoms with Gasteiger partial charge in [0.05, 0.1) is 6.54 Å². The molecule has 0 saturated carbocycles. The first-order valence-corrected chi connectivity index (χ1v) is 6.94. The quantitative estimate of drug-likeness (QED) is 0.809. The summed E-state index contributed by atoms with van der Waals surface area (Å²) >= 11 is 0. The Morgan fingerprint density at radius 1 is 1.20 bits per heavy atom. The van der Waals surface area contributed by atoms with Gasteiger partial charge in [-0.15, -0.1) is 0 Å². The average Bonchev–Trinajstić information content (AvgIpc) is 2.95. The molecule has 20 heavy (non-hydrogen) atoms. The van der Waals surface area contributed by atoms with Crippen LogP contribution in [0, 0.1) is 0 Å². The van der Waals surface area contributed by atoms with Gasteiger partial charge in [-0.3, -0.25) is 0 Å². The molecule has 0 aliphatic rings. The standard InChI is InChI=1S/C14H21N5O/c1-4-6-15-13-12(10(2)3)14(18-9-17-13)16-8-11-5-7-20-19-11/h5,7,9-10H,4,6,8H2,1-3H3,(H2,15,16,17,18). The smallest absolute Gasteiger partial charge is 0.135 e. The minimum absolute atomic E-state index is 0.329. The van der Waals surface area contributed by atoms with Gasteiger partial charge in [0, 0.05) is 18.2 Å². The van der Waals surface area contributed by atoms with E-state index >= 15 is 0 Å². The molecule has 0 unspecified atom stereocenters. The third kappa shape index (κ3) is 3.46. The van der Waals surface area contributed by atoms with Gasteiger partial charge in [0.15, 0.2) is 0 Å². The highest BCUT2D eigenvalue weighted by atomic mass is 16.5. The SMILES string of the molecule is CCCNc1ncnc(NCc2ccon2)c1C(C)C. The Bertz CT molecular complexity index is 524. The van der Waals surface area contributed by atoms with Gasteiger partial charge in [-0.05, 0) is 12.3 Å². The van der Waals surface area contributed by atoms with Crippen molar-refractivity contribution in [2.24, 2.45) is 0 Å².